The number of primary amides is 1. The Bertz CT molecular complexity index is 755. The van der Waals surface area contributed by atoms with Crippen LogP contribution >= 0.6 is 0 Å². The molecule has 1 saturated heterocycles. The largest absolute Gasteiger partial charge is 0.481 e. The van der Waals surface area contributed by atoms with Gasteiger partial charge in [0.25, 0.3) is 0 Å². The zero-order valence-electron chi connectivity index (χ0n) is 18.9. The van der Waals surface area contributed by atoms with Crippen LogP contribution in [0, 0.1) is 0 Å². The topological polar surface area (TPSA) is 243 Å². The fourth-order valence-electron chi connectivity index (χ4n) is 3.41. The number of hydrogen-bond donors (Lipinski definition) is 8. The normalized spacial score (nSPS) is 17.7. The van der Waals surface area contributed by atoms with E-state index in [9.17, 15) is 33.9 Å². The van der Waals surface area contributed by atoms with E-state index in [1.54, 1.807) is 0 Å². The molecule has 0 aromatic carbocycles. The molecule has 14 nitrogen and oxygen atoms in total. The van der Waals surface area contributed by atoms with Gasteiger partial charge in [0.15, 0.2) is 0 Å². The van der Waals surface area contributed by atoms with E-state index in [-0.39, 0.29) is 25.2 Å². The number of rotatable bonds is 16. The number of amides is 4. The standard InChI is InChI=1S/C20H34N6O8/c21-8-2-1-4-12(24-17(30)11-5-3-9-23-11)18(31)26-14(10-16(28)29)19(32)25-13(20(33)34)6-7-15(22)27/h11-14,23H,1-10,21H2,(H2,22,27)(H,24,30)(H,25,32)(H,26,31)(H,28,29)(H,33,34). The quantitative estimate of drug-likeness (QED) is 0.104. The van der Waals surface area contributed by atoms with Crippen molar-refractivity contribution in [3.05, 3.63) is 0 Å². The Morgan fingerprint density at radius 1 is 0.912 bits per heavy atom. The van der Waals surface area contributed by atoms with E-state index >= 15 is 0 Å². The molecule has 4 unspecified atom stereocenters. The smallest absolute Gasteiger partial charge is 0.326 e. The summed E-state index contributed by atoms with van der Waals surface area (Å²) in [5.41, 5.74) is 10.5. The number of nitrogens with one attached hydrogen (secondary N) is 4. The first-order valence-electron chi connectivity index (χ1n) is 11.1. The van der Waals surface area contributed by atoms with Crippen molar-refractivity contribution in [3.63, 3.8) is 0 Å². The summed E-state index contributed by atoms with van der Waals surface area (Å²) in [6.07, 6.45) is 1.25. The first kappa shape index (κ1) is 28.8. The molecule has 1 aliphatic rings. The van der Waals surface area contributed by atoms with Gasteiger partial charge in [0.1, 0.15) is 18.1 Å². The lowest BCUT2D eigenvalue weighted by molar-refractivity contribution is -0.143. The molecule has 10 N–H and O–H groups in total. The number of aliphatic carboxylic acids is 2. The van der Waals surface area contributed by atoms with Crippen molar-refractivity contribution in [1.29, 1.82) is 0 Å². The summed E-state index contributed by atoms with van der Waals surface area (Å²) in [6, 6.07) is -4.62. The van der Waals surface area contributed by atoms with Crippen LogP contribution in [0.1, 0.15) is 51.4 Å². The molecule has 0 radical (unpaired) electrons. The molecule has 0 spiro atoms. The SMILES string of the molecule is NCCCCC(NC(=O)C1CCCN1)C(=O)NC(CC(=O)O)C(=O)NC(CCC(N)=O)C(=O)O. The van der Waals surface area contributed by atoms with Crippen molar-refractivity contribution in [2.75, 3.05) is 13.1 Å². The summed E-state index contributed by atoms with van der Waals surface area (Å²) < 4.78 is 0. The van der Waals surface area contributed by atoms with Gasteiger partial charge < -0.3 is 42.9 Å². The lowest BCUT2D eigenvalue weighted by atomic mass is 10.1. The van der Waals surface area contributed by atoms with Crippen LogP contribution in [0.4, 0.5) is 0 Å². The van der Waals surface area contributed by atoms with Crippen LogP contribution < -0.4 is 32.7 Å². The molecule has 0 aliphatic carbocycles. The van der Waals surface area contributed by atoms with E-state index in [1.165, 1.54) is 0 Å². The van der Waals surface area contributed by atoms with E-state index in [0.717, 1.165) is 6.42 Å². The molecule has 1 aliphatic heterocycles. The summed E-state index contributed by atoms with van der Waals surface area (Å²) in [6.45, 7) is 1.04. The van der Waals surface area contributed by atoms with E-state index in [1.807, 2.05) is 0 Å². The number of carbonyl (C=O) groups is 6. The highest BCUT2D eigenvalue weighted by atomic mass is 16.4. The van der Waals surface area contributed by atoms with Crippen LogP contribution in [-0.4, -0.2) is 83.0 Å². The third-order valence-electron chi connectivity index (χ3n) is 5.26. The van der Waals surface area contributed by atoms with Crippen molar-refractivity contribution in [1.82, 2.24) is 21.3 Å². The number of carboxylic acids is 2. The molecule has 4 atom stereocenters. The number of hydrogen-bond acceptors (Lipinski definition) is 8. The van der Waals surface area contributed by atoms with Crippen molar-refractivity contribution in [2.24, 2.45) is 11.5 Å². The summed E-state index contributed by atoms with van der Waals surface area (Å²) in [4.78, 5) is 71.6. The van der Waals surface area contributed by atoms with Crippen molar-refractivity contribution in [2.45, 2.75) is 75.5 Å². The fourth-order valence-corrected chi connectivity index (χ4v) is 3.41. The molecule has 1 rings (SSSR count). The van der Waals surface area contributed by atoms with Crippen molar-refractivity contribution in [3.8, 4) is 0 Å². The number of carbonyl (C=O) groups excluding carboxylic acids is 4. The second-order valence-electron chi connectivity index (χ2n) is 8.06. The van der Waals surface area contributed by atoms with Gasteiger partial charge in [-0.25, -0.2) is 4.79 Å². The van der Waals surface area contributed by atoms with E-state index in [0.29, 0.717) is 32.4 Å². The Kier molecular flexibility index (Phi) is 12.5. The first-order valence-corrected chi connectivity index (χ1v) is 11.1. The average Bonchev–Trinajstić information content (AvgIpc) is 3.29. The number of unbranched alkanes of at least 4 members (excludes halogenated alkanes) is 1. The predicted molar refractivity (Wildman–Crippen MR) is 118 cm³/mol. The van der Waals surface area contributed by atoms with E-state index in [4.69, 9.17) is 16.6 Å². The Hall–Kier alpha value is -3.26. The molecule has 0 aromatic heterocycles. The third-order valence-corrected chi connectivity index (χ3v) is 5.26. The van der Waals surface area contributed by atoms with Gasteiger partial charge in [0, 0.05) is 6.42 Å². The predicted octanol–water partition coefficient (Wildman–Crippen LogP) is -2.85. The monoisotopic (exact) mass is 486 g/mol. The highest BCUT2D eigenvalue weighted by Gasteiger charge is 2.32. The average molecular weight is 487 g/mol. The van der Waals surface area contributed by atoms with Crippen molar-refractivity contribution < 1.29 is 39.0 Å². The van der Waals surface area contributed by atoms with Gasteiger partial charge in [-0.3, -0.25) is 24.0 Å². The Morgan fingerprint density at radius 3 is 2.09 bits per heavy atom. The minimum Gasteiger partial charge on any atom is -0.481 e. The number of carboxylic acid groups (broad SMARTS) is 2. The van der Waals surface area contributed by atoms with E-state index in [2.05, 4.69) is 21.3 Å². The molecule has 0 aromatic rings. The van der Waals surface area contributed by atoms with Crippen LogP contribution in [0.5, 0.6) is 0 Å². The van der Waals surface area contributed by atoms with Crippen LogP contribution in [0.3, 0.4) is 0 Å². The zero-order valence-corrected chi connectivity index (χ0v) is 18.9. The molecule has 4 amide bonds. The maximum absolute atomic E-state index is 12.9. The Labute approximate surface area is 196 Å². The summed E-state index contributed by atoms with van der Waals surface area (Å²) in [5.74, 6) is -5.87. The molecule has 14 heteroatoms. The summed E-state index contributed by atoms with van der Waals surface area (Å²) >= 11 is 0. The minimum atomic E-state index is -1.61. The van der Waals surface area contributed by atoms with Crippen LogP contribution in [0.15, 0.2) is 0 Å². The van der Waals surface area contributed by atoms with Crippen molar-refractivity contribution >= 4 is 35.6 Å². The van der Waals surface area contributed by atoms with Crippen LogP contribution in [0.25, 0.3) is 0 Å². The molecular formula is C20H34N6O8. The highest BCUT2D eigenvalue weighted by Crippen LogP contribution is 2.08. The lowest BCUT2D eigenvalue weighted by Gasteiger charge is -2.24. The molecule has 1 heterocycles. The van der Waals surface area contributed by atoms with Gasteiger partial charge in [-0.2, -0.15) is 0 Å². The minimum absolute atomic E-state index is 0.208. The Morgan fingerprint density at radius 2 is 1.56 bits per heavy atom. The Balaban J connectivity index is 2.91. The molecule has 34 heavy (non-hydrogen) atoms. The van der Waals surface area contributed by atoms with Gasteiger partial charge in [0.2, 0.25) is 23.6 Å². The van der Waals surface area contributed by atoms with Gasteiger partial charge in [-0.15, -0.1) is 0 Å². The van der Waals surface area contributed by atoms with Crippen LogP contribution in [0.2, 0.25) is 0 Å². The zero-order chi connectivity index (χ0) is 25.7. The molecule has 0 saturated carbocycles. The number of nitrogens with two attached hydrogens (primary N) is 2. The first-order chi connectivity index (χ1) is 16.0. The fraction of sp³-hybridized carbons (Fsp3) is 0.700. The highest BCUT2D eigenvalue weighted by molar-refractivity contribution is 5.95. The molecule has 0 bridgehead atoms. The maximum Gasteiger partial charge on any atom is 0.326 e. The van der Waals surface area contributed by atoms with Gasteiger partial charge in [0.05, 0.1) is 12.5 Å². The molecular weight excluding hydrogens is 452 g/mol. The van der Waals surface area contributed by atoms with Gasteiger partial charge in [-0.05, 0) is 51.6 Å². The lowest BCUT2D eigenvalue weighted by Crippen LogP contribution is -2.57. The molecule has 192 valence electrons. The van der Waals surface area contributed by atoms with Crippen LogP contribution in [-0.2, 0) is 28.8 Å². The maximum atomic E-state index is 12.9. The molecule has 1 fully saturated rings. The second kappa shape index (κ2) is 14.8. The third kappa shape index (κ3) is 10.6. The van der Waals surface area contributed by atoms with Gasteiger partial charge in [-0.1, -0.05) is 0 Å². The second-order valence-corrected chi connectivity index (χ2v) is 8.06. The van der Waals surface area contributed by atoms with Gasteiger partial charge >= 0.3 is 11.9 Å². The van der Waals surface area contributed by atoms with E-state index < -0.39 is 60.2 Å². The summed E-state index contributed by atoms with van der Waals surface area (Å²) in [5, 5.41) is 28.5. The summed E-state index contributed by atoms with van der Waals surface area (Å²) in [7, 11) is 0.